The van der Waals surface area contributed by atoms with E-state index >= 15 is 0 Å². The lowest BCUT2D eigenvalue weighted by molar-refractivity contribution is 0.130. The van der Waals surface area contributed by atoms with Crippen LogP contribution in [0.3, 0.4) is 0 Å². The molecule has 1 aliphatic heterocycles. The van der Waals surface area contributed by atoms with Gasteiger partial charge in [-0.15, -0.1) is 12.6 Å². The number of hydrogen-bond acceptors (Lipinski definition) is 4. The Kier molecular flexibility index (Phi) is 2.43. The van der Waals surface area contributed by atoms with Crippen molar-refractivity contribution in [2.45, 2.75) is 10.3 Å². The summed E-state index contributed by atoms with van der Waals surface area (Å²) in [6.45, 7) is 0.484. The van der Waals surface area contributed by atoms with Gasteiger partial charge in [0.1, 0.15) is 0 Å². The van der Waals surface area contributed by atoms with Crippen molar-refractivity contribution in [3.63, 3.8) is 0 Å². The second-order valence-electron chi connectivity index (χ2n) is 3.68. The highest BCUT2D eigenvalue weighted by Crippen LogP contribution is 2.37. The Hall–Kier alpha value is -0.710. The van der Waals surface area contributed by atoms with E-state index < -0.39 is 5.41 Å². The van der Waals surface area contributed by atoms with E-state index in [1.54, 1.807) is 0 Å². The van der Waals surface area contributed by atoms with Crippen LogP contribution in [-0.2, 0) is 5.41 Å². The van der Waals surface area contributed by atoms with Gasteiger partial charge in [-0.25, -0.2) is 0 Å². The molecule has 0 bridgehead atoms. The fourth-order valence-electron chi connectivity index (χ4n) is 1.83. The third-order valence-corrected chi connectivity index (χ3v) is 3.08. The van der Waals surface area contributed by atoms with Gasteiger partial charge >= 0.3 is 0 Å². The topological polar surface area (TPSA) is 52.5 Å². The van der Waals surface area contributed by atoms with Crippen molar-refractivity contribution < 1.29 is 10.2 Å². The molecule has 1 aromatic rings. The maximum atomic E-state index is 9.31. The maximum absolute atomic E-state index is 9.31. The average Bonchev–Trinajstić information content (AvgIpc) is 2.56. The van der Waals surface area contributed by atoms with E-state index in [9.17, 15) is 10.2 Å². The van der Waals surface area contributed by atoms with Gasteiger partial charge in [0.05, 0.1) is 18.6 Å². The molecule has 0 amide bonds. The van der Waals surface area contributed by atoms with Crippen LogP contribution in [0.25, 0.3) is 0 Å². The summed E-state index contributed by atoms with van der Waals surface area (Å²) in [6.07, 6.45) is 0. The van der Waals surface area contributed by atoms with Gasteiger partial charge in [-0.2, -0.15) is 0 Å². The molecule has 0 spiro atoms. The Morgan fingerprint density at radius 3 is 2.71 bits per heavy atom. The molecule has 0 saturated carbocycles. The molecule has 0 atom stereocenters. The van der Waals surface area contributed by atoms with Crippen molar-refractivity contribution in [1.82, 2.24) is 0 Å². The highest BCUT2D eigenvalue weighted by atomic mass is 32.1. The van der Waals surface area contributed by atoms with E-state index in [1.807, 2.05) is 18.2 Å². The highest BCUT2D eigenvalue weighted by Gasteiger charge is 2.37. The summed E-state index contributed by atoms with van der Waals surface area (Å²) in [7, 11) is 0. The van der Waals surface area contributed by atoms with Crippen molar-refractivity contribution >= 4 is 18.3 Å². The van der Waals surface area contributed by atoms with Crippen LogP contribution in [0.5, 0.6) is 0 Å². The van der Waals surface area contributed by atoms with Crippen molar-refractivity contribution in [1.29, 1.82) is 0 Å². The summed E-state index contributed by atoms with van der Waals surface area (Å²) in [5.41, 5.74) is 1.40. The second kappa shape index (κ2) is 3.46. The van der Waals surface area contributed by atoms with Crippen molar-refractivity contribution in [3.05, 3.63) is 23.8 Å². The van der Waals surface area contributed by atoms with E-state index in [4.69, 9.17) is 0 Å². The lowest BCUT2D eigenvalue weighted by Crippen LogP contribution is -2.36. The van der Waals surface area contributed by atoms with Gasteiger partial charge in [0.25, 0.3) is 0 Å². The molecule has 3 nitrogen and oxygen atoms in total. The molecular weight excluding hydrogens is 198 g/mol. The number of hydrogen-bond donors (Lipinski definition) is 4. The Labute approximate surface area is 88.2 Å². The quantitative estimate of drug-likeness (QED) is 0.543. The molecule has 2 rings (SSSR count). The fraction of sp³-hybridized carbons (Fsp3) is 0.400. The second-order valence-corrected chi connectivity index (χ2v) is 4.20. The number of aliphatic hydroxyl groups excluding tert-OH is 2. The Balaban J connectivity index is 2.48. The van der Waals surface area contributed by atoms with Gasteiger partial charge in [0.15, 0.2) is 0 Å². The van der Waals surface area contributed by atoms with E-state index in [1.165, 1.54) is 0 Å². The van der Waals surface area contributed by atoms with Crippen LogP contribution in [0.15, 0.2) is 23.1 Å². The molecular formula is C10H13NO2S. The van der Waals surface area contributed by atoms with Gasteiger partial charge < -0.3 is 15.5 Å². The number of fused-ring (bicyclic) bond motifs is 1. The molecule has 14 heavy (non-hydrogen) atoms. The predicted octanol–water partition coefficient (Wildman–Crippen LogP) is 0.623. The summed E-state index contributed by atoms with van der Waals surface area (Å²) >= 11 is 4.23. The van der Waals surface area contributed by atoms with E-state index in [0.29, 0.717) is 6.54 Å². The molecule has 4 heteroatoms. The van der Waals surface area contributed by atoms with Gasteiger partial charge in [-0.05, 0) is 17.7 Å². The van der Waals surface area contributed by atoms with Gasteiger partial charge in [0.2, 0.25) is 0 Å². The van der Waals surface area contributed by atoms with Crippen molar-refractivity contribution in [2.24, 2.45) is 0 Å². The van der Waals surface area contributed by atoms with Crippen LogP contribution < -0.4 is 5.32 Å². The molecule has 76 valence electrons. The number of aliphatic hydroxyl groups is 2. The lowest BCUT2D eigenvalue weighted by Gasteiger charge is -2.23. The zero-order valence-corrected chi connectivity index (χ0v) is 8.59. The number of rotatable bonds is 2. The number of anilines is 1. The summed E-state index contributed by atoms with van der Waals surface area (Å²) in [5.74, 6) is 0. The molecule has 0 radical (unpaired) electrons. The van der Waals surface area contributed by atoms with Crippen LogP contribution >= 0.6 is 12.6 Å². The minimum Gasteiger partial charge on any atom is -0.395 e. The highest BCUT2D eigenvalue weighted by molar-refractivity contribution is 7.80. The first-order chi connectivity index (χ1) is 6.72. The molecule has 0 fully saturated rings. The summed E-state index contributed by atoms with van der Waals surface area (Å²) < 4.78 is 0. The minimum atomic E-state index is -0.531. The molecule has 3 N–H and O–H groups in total. The standard InChI is InChI=1S/C10H13NO2S/c12-5-10(6-13)4-11-9-3-7(14)1-2-8(9)10/h1-3,11-14H,4-6H2. The van der Waals surface area contributed by atoms with E-state index in [-0.39, 0.29) is 13.2 Å². The zero-order valence-electron chi connectivity index (χ0n) is 7.70. The van der Waals surface area contributed by atoms with Gasteiger partial charge in [-0.3, -0.25) is 0 Å². The third-order valence-electron chi connectivity index (χ3n) is 2.80. The average molecular weight is 211 g/mol. The van der Waals surface area contributed by atoms with Gasteiger partial charge in [0, 0.05) is 17.1 Å². The molecule has 0 aromatic heterocycles. The molecule has 1 aromatic carbocycles. The Bertz CT molecular complexity index is 350. The Morgan fingerprint density at radius 2 is 2.07 bits per heavy atom. The predicted molar refractivity (Wildman–Crippen MR) is 58.0 cm³/mol. The van der Waals surface area contributed by atoms with Crippen LogP contribution in [0.1, 0.15) is 5.56 Å². The van der Waals surface area contributed by atoms with E-state index in [0.717, 1.165) is 16.1 Å². The Morgan fingerprint density at radius 1 is 1.36 bits per heavy atom. The molecule has 0 aliphatic carbocycles. The lowest BCUT2D eigenvalue weighted by atomic mass is 9.84. The van der Waals surface area contributed by atoms with Crippen LogP contribution in [-0.4, -0.2) is 30.0 Å². The monoisotopic (exact) mass is 211 g/mol. The minimum absolute atomic E-state index is 0.0462. The van der Waals surface area contributed by atoms with Crippen LogP contribution in [0, 0.1) is 0 Å². The fourth-order valence-corrected chi connectivity index (χ4v) is 2.04. The summed E-state index contributed by atoms with van der Waals surface area (Å²) in [4.78, 5) is 0.878. The number of nitrogens with one attached hydrogen (secondary N) is 1. The molecule has 0 saturated heterocycles. The molecule has 1 heterocycles. The third kappa shape index (κ3) is 1.30. The molecule has 1 aliphatic rings. The van der Waals surface area contributed by atoms with Crippen LogP contribution in [0.2, 0.25) is 0 Å². The maximum Gasteiger partial charge on any atom is 0.0607 e. The normalized spacial score (nSPS) is 17.6. The van der Waals surface area contributed by atoms with Gasteiger partial charge in [-0.1, -0.05) is 6.07 Å². The van der Waals surface area contributed by atoms with E-state index in [2.05, 4.69) is 17.9 Å². The first kappa shape index (κ1) is 9.83. The molecule has 0 unspecified atom stereocenters. The first-order valence-corrected chi connectivity index (χ1v) is 4.96. The first-order valence-electron chi connectivity index (χ1n) is 4.51. The zero-order chi connectivity index (χ0) is 10.2. The summed E-state index contributed by atoms with van der Waals surface area (Å²) in [5, 5.41) is 21.8. The number of benzene rings is 1. The smallest absolute Gasteiger partial charge is 0.0607 e. The summed E-state index contributed by atoms with van der Waals surface area (Å²) in [6, 6.07) is 5.69. The largest absolute Gasteiger partial charge is 0.395 e. The van der Waals surface area contributed by atoms with Crippen molar-refractivity contribution in [3.8, 4) is 0 Å². The van der Waals surface area contributed by atoms with Crippen molar-refractivity contribution in [2.75, 3.05) is 25.1 Å². The number of thiol groups is 1. The SMILES string of the molecule is OCC1(CO)CNc2cc(S)ccc21. The van der Waals surface area contributed by atoms with Crippen LogP contribution in [0.4, 0.5) is 5.69 Å².